The van der Waals surface area contributed by atoms with E-state index in [2.05, 4.69) is 108 Å². The average molecular weight is 510 g/mol. The Morgan fingerprint density at radius 1 is 0.969 bits per heavy atom. The van der Waals surface area contributed by atoms with Crippen LogP contribution in [0.5, 0.6) is 0 Å². The monoisotopic (exact) mass is 508 g/mol. The van der Waals surface area contributed by atoms with Gasteiger partial charge in [0.25, 0.3) is 8.32 Å². The molecule has 2 aromatic carbocycles. The van der Waals surface area contributed by atoms with Crippen LogP contribution in [0, 0.1) is 5.92 Å². The van der Waals surface area contributed by atoms with Crippen LogP contribution in [-0.4, -0.2) is 25.3 Å². The molecule has 1 heterocycles. The molecule has 0 bridgehead atoms. The maximum absolute atomic E-state index is 12.8. The van der Waals surface area contributed by atoms with Crippen molar-refractivity contribution >= 4 is 46.2 Å². The number of amides is 1. The molecule has 4 rings (SSSR count). The zero-order chi connectivity index (χ0) is 22.8. The third-order valence-electron chi connectivity index (χ3n) is 6.24. The van der Waals surface area contributed by atoms with Crippen molar-refractivity contribution in [2.75, 3.05) is 5.32 Å². The van der Waals surface area contributed by atoms with Crippen LogP contribution in [-0.2, 0) is 9.22 Å². The summed E-state index contributed by atoms with van der Waals surface area (Å²) in [7, 11) is -2.58. The molecule has 3 aromatic rings. The Balaban J connectivity index is 1.56. The van der Waals surface area contributed by atoms with Crippen molar-refractivity contribution in [3.8, 4) is 0 Å². The average Bonchev–Trinajstić information content (AvgIpc) is 2.75. The Morgan fingerprint density at radius 3 is 2.03 bits per heavy atom. The predicted octanol–water partition coefficient (Wildman–Crippen LogP) is 5.14. The molecule has 1 fully saturated rings. The fourth-order valence-electron chi connectivity index (χ4n) is 4.53. The minimum absolute atomic E-state index is 0.0287. The van der Waals surface area contributed by atoms with Gasteiger partial charge < -0.3 is 9.74 Å². The van der Waals surface area contributed by atoms with Crippen molar-refractivity contribution in [2.24, 2.45) is 5.92 Å². The van der Waals surface area contributed by atoms with Gasteiger partial charge in [-0.1, -0.05) is 81.4 Å². The lowest BCUT2D eigenvalue weighted by Gasteiger charge is -2.48. The highest BCUT2D eigenvalue weighted by molar-refractivity contribution is 9.10. The highest BCUT2D eigenvalue weighted by Crippen LogP contribution is 2.42. The normalized spacial score (nSPS) is 18.6. The summed E-state index contributed by atoms with van der Waals surface area (Å²) < 4.78 is 7.75. The summed E-state index contributed by atoms with van der Waals surface area (Å²) >= 11 is 3.39. The van der Waals surface area contributed by atoms with Gasteiger partial charge in [-0.2, -0.15) is 0 Å². The van der Waals surface area contributed by atoms with E-state index in [1.54, 1.807) is 6.20 Å². The van der Waals surface area contributed by atoms with Crippen LogP contribution in [0.2, 0.25) is 5.04 Å². The van der Waals surface area contributed by atoms with E-state index in [0.29, 0.717) is 10.3 Å². The van der Waals surface area contributed by atoms with E-state index in [1.165, 1.54) is 10.4 Å². The van der Waals surface area contributed by atoms with Gasteiger partial charge in [-0.3, -0.25) is 4.79 Å². The SMILES string of the molecule is CC(C)(C)[Si](OC1CC(C(=O)Nc2cccnc2Br)C1)(c1ccccc1)c1ccccc1. The first-order valence-electron chi connectivity index (χ1n) is 11.0. The third-order valence-corrected chi connectivity index (χ3v) is 12.0. The van der Waals surface area contributed by atoms with E-state index >= 15 is 0 Å². The highest BCUT2D eigenvalue weighted by atomic mass is 79.9. The molecule has 6 heteroatoms. The summed E-state index contributed by atoms with van der Waals surface area (Å²) in [5.41, 5.74) is 0.703. The molecule has 0 saturated heterocycles. The molecule has 0 aliphatic heterocycles. The van der Waals surface area contributed by atoms with E-state index in [-0.39, 0.29) is 23.0 Å². The van der Waals surface area contributed by atoms with Crippen molar-refractivity contribution in [2.45, 2.75) is 44.8 Å². The van der Waals surface area contributed by atoms with Crippen molar-refractivity contribution in [1.29, 1.82) is 0 Å². The van der Waals surface area contributed by atoms with Crippen molar-refractivity contribution in [1.82, 2.24) is 4.98 Å². The molecule has 1 amide bonds. The van der Waals surface area contributed by atoms with E-state index in [0.717, 1.165) is 12.8 Å². The lowest BCUT2D eigenvalue weighted by atomic mass is 9.82. The number of hydrogen-bond acceptors (Lipinski definition) is 3. The molecule has 0 unspecified atom stereocenters. The van der Waals surface area contributed by atoms with E-state index in [4.69, 9.17) is 4.43 Å². The molecule has 0 spiro atoms. The van der Waals surface area contributed by atoms with Gasteiger partial charge in [0.15, 0.2) is 0 Å². The number of hydrogen-bond donors (Lipinski definition) is 1. The Bertz CT molecular complexity index is 1020. The van der Waals surface area contributed by atoms with Gasteiger partial charge in [-0.15, -0.1) is 0 Å². The van der Waals surface area contributed by atoms with E-state index in [1.807, 2.05) is 12.1 Å². The molecule has 1 N–H and O–H groups in total. The maximum Gasteiger partial charge on any atom is 0.261 e. The molecule has 4 nitrogen and oxygen atoms in total. The van der Waals surface area contributed by atoms with Gasteiger partial charge in [0.1, 0.15) is 4.60 Å². The minimum Gasteiger partial charge on any atom is -0.404 e. The van der Waals surface area contributed by atoms with Crippen LogP contribution < -0.4 is 15.7 Å². The summed E-state index contributed by atoms with van der Waals surface area (Å²) in [5, 5.41) is 5.47. The number of halogens is 1. The summed E-state index contributed by atoms with van der Waals surface area (Å²) in [6.45, 7) is 6.84. The summed E-state index contributed by atoms with van der Waals surface area (Å²) in [6, 6.07) is 25.0. The van der Waals surface area contributed by atoms with Crippen LogP contribution in [0.25, 0.3) is 0 Å². The quantitative estimate of drug-likeness (QED) is 0.370. The Morgan fingerprint density at radius 2 is 1.53 bits per heavy atom. The standard InChI is InChI=1S/C26H29BrN2O2Si/c1-26(2,3)32(21-11-6-4-7-12-21,22-13-8-5-9-14-22)31-20-17-19(18-20)25(30)29-23-15-10-16-28-24(23)27/h4-16,19-20H,17-18H2,1-3H3,(H,29,30). The zero-order valence-corrected chi connectivity index (χ0v) is 21.3. The zero-order valence-electron chi connectivity index (χ0n) is 18.7. The van der Waals surface area contributed by atoms with Gasteiger partial charge in [-0.05, 0) is 56.3 Å². The fourth-order valence-corrected chi connectivity index (χ4v) is 9.59. The van der Waals surface area contributed by atoms with Crippen LogP contribution in [0.4, 0.5) is 5.69 Å². The molecule has 32 heavy (non-hydrogen) atoms. The lowest BCUT2D eigenvalue weighted by molar-refractivity contribution is -0.125. The summed E-state index contributed by atoms with van der Waals surface area (Å²) in [6.07, 6.45) is 3.22. The molecule has 166 valence electrons. The number of benzene rings is 2. The van der Waals surface area contributed by atoms with Crippen LogP contribution >= 0.6 is 15.9 Å². The Kier molecular flexibility index (Phi) is 6.65. The predicted molar refractivity (Wildman–Crippen MR) is 136 cm³/mol. The lowest BCUT2D eigenvalue weighted by Crippen LogP contribution is -2.68. The van der Waals surface area contributed by atoms with Crippen molar-refractivity contribution < 1.29 is 9.22 Å². The molecular weight excluding hydrogens is 480 g/mol. The molecule has 1 aliphatic rings. The number of carbonyl (C=O) groups excluding carboxylic acids is 1. The molecular formula is C26H29BrN2O2Si. The topological polar surface area (TPSA) is 51.2 Å². The molecule has 0 radical (unpaired) electrons. The Hall–Kier alpha value is -2.28. The number of anilines is 1. The molecule has 0 atom stereocenters. The third kappa shape index (κ3) is 4.44. The smallest absolute Gasteiger partial charge is 0.261 e. The van der Waals surface area contributed by atoms with Crippen molar-refractivity contribution in [3.63, 3.8) is 0 Å². The van der Waals surface area contributed by atoms with Crippen LogP contribution in [0.15, 0.2) is 83.6 Å². The van der Waals surface area contributed by atoms with Crippen LogP contribution in [0.1, 0.15) is 33.6 Å². The minimum atomic E-state index is -2.58. The second-order valence-electron chi connectivity index (χ2n) is 9.40. The number of rotatable bonds is 6. The maximum atomic E-state index is 12.8. The van der Waals surface area contributed by atoms with Gasteiger partial charge in [-0.25, -0.2) is 4.98 Å². The van der Waals surface area contributed by atoms with E-state index in [9.17, 15) is 4.79 Å². The highest BCUT2D eigenvalue weighted by Gasteiger charge is 2.53. The van der Waals surface area contributed by atoms with Gasteiger partial charge >= 0.3 is 0 Å². The molecule has 1 aromatic heterocycles. The first kappa shape index (κ1) is 22.9. The molecule has 1 saturated carbocycles. The van der Waals surface area contributed by atoms with Crippen molar-refractivity contribution in [3.05, 3.63) is 83.6 Å². The van der Waals surface area contributed by atoms with E-state index < -0.39 is 8.32 Å². The first-order valence-corrected chi connectivity index (χ1v) is 13.7. The molecule has 1 aliphatic carbocycles. The number of nitrogens with one attached hydrogen (secondary N) is 1. The second-order valence-corrected chi connectivity index (χ2v) is 14.4. The van der Waals surface area contributed by atoms with Gasteiger partial charge in [0.05, 0.1) is 5.69 Å². The van der Waals surface area contributed by atoms with Crippen LogP contribution in [0.3, 0.4) is 0 Å². The summed E-state index contributed by atoms with van der Waals surface area (Å²) in [4.78, 5) is 17.0. The Labute approximate surface area is 199 Å². The summed E-state index contributed by atoms with van der Waals surface area (Å²) in [5.74, 6) is -0.0219. The number of nitrogens with zero attached hydrogens (tertiary/aromatic N) is 1. The fraction of sp³-hybridized carbons (Fsp3) is 0.308. The van der Waals surface area contributed by atoms with Gasteiger partial charge in [0, 0.05) is 18.2 Å². The first-order chi connectivity index (χ1) is 15.3. The largest absolute Gasteiger partial charge is 0.404 e. The number of carbonyl (C=O) groups is 1. The van der Waals surface area contributed by atoms with Gasteiger partial charge in [0.2, 0.25) is 5.91 Å². The number of pyridine rings is 1. The number of aromatic nitrogens is 1. The second kappa shape index (κ2) is 9.30.